The fourth-order valence-electron chi connectivity index (χ4n) is 2.58. The predicted molar refractivity (Wildman–Crippen MR) is 66.9 cm³/mol. The molecule has 18 heavy (non-hydrogen) atoms. The summed E-state index contributed by atoms with van der Waals surface area (Å²) in [7, 11) is 1.61. The molecule has 2 rings (SSSR count). The highest BCUT2D eigenvalue weighted by Crippen LogP contribution is 2.42. The Balaban J connectivity index is 2.29. The van der Waals surface area contributed by atoms with Gasteiger partial charge in [0.2, 0.25) is 0 Å². The predicted octanol–water partition coefficient (Wildman–Crippen LogP) is 2.29. The third kappa shape index (κ3) is 2.20. The van der Waals surface area contributed by atoms with Gasteiger partial charge in [-0.05, 0) is 31.5 Å². The second-order valence-electron chi connectivity index (χ2n) is 5.11. The van der Waals surface area contributed by atoms with Crippen molar-refractivity contribution >= 4 is 5.97 Å². The minimum absolute atomic E-state index is 0.108. The normalized spacial score (nSPS) is 25.9. The molecule has 1 aliphatic heterocycles. The van der Waals surface area contributed by atoms with Crippen LogP contribution in [0.15, 0.2) is 24.3 Å². The molecule has 0 bridgehead atoms. The Morgan fingerprint density at radius 2 is 2.00 bits per heavy atom. The van der Waals surface area contributed by atoms with Crippen LogP contribution in [-0.4, -0.2) is 30.4 Å². The van der Waals surface area contributed by atoms with Gasteiger partial charge in [0.15, 0.2) is 0 Å². The van der Waals surface area contributed by atoms with E-state index in [2.05, 4.69) is 0 Å². The van der Waals surface area contributed by atoms with Gasteiger partial charge in [0, 0.05) is 5.92 Å². The number of carboxylic acids is 1. The Bertz CT molecular complexity index is 436. The summed E-state index contributed by atoms with van der Waals surface area (Å²) in [5.74, 6) is -0.670. The minimum Gasteiger partial charge on any atom is -0.497 e. The highest BCUT2D eigenvalue weighted by Gasteiger charge is 2.48. The van der Waals surface area contributed by atoms with Gasteiger partial charge < -0.3 is 14.6 Å². The number of ether oxygens (including phenoxy) is 2. The molecule has 1 aromatic rings. The second-order valence-corrected chi connectivity index (χ2v) is 5.11. The molecule has 0 unspecified atom stereocenters. The molecule has 0 saturated carbocycles. The molecule has 0 aliphatic carbocycles. The average molecular weight is 250 g/mol. The summed E-state index contributed by atoms with van der Waals surface area (Å²) < 4.78 is 10.7. The van der Waals surface area contributed by atoms with Crippen molar-refractivity contribution in [2.45, 2.75) is 25.4 Å². The third-order valence-electron chi connectivity index (χ3n) is 3.60. The summed E-state index contributed by atoms with van der Waals surface area (Å²) in [4.78, 5) is 11.4. The average Bonchev–Trinajstić information content (AvgIpc) is 2.65. The zero-order valence-electron chi connectivity index (χ0n) is 10.8. The maximum Gasteiger partial charge on any atom is 0.310 e. The molecule has 1 saturated heterocycles. The van der Waals surface area contributed by atoms with E-state index in [0.717, 1.165) is 11.3 Å². The first-order valence-electron chi connectivity index (χ1n) is 5.96. The monoisotopic (exact) mass is 250 g/mol. The van der Waals surface area contributed by atoms with Gasteiger partial charge in [-0.25, -0.2) is 0 Å². The highest BCUT2D eigenvalue weighted by molar-refractivity contribution is 5.73. The molecule has 1 aromatic carbocycles. The van der Waals surface area contributed by atoms with E-state index in [1.165, 1.54) is 0 Å². The van der Waals surface area contributed by atoms with Crippen LogP contribution in [0.2, 0.25) is 0 Å². The molecule has 0 aromatic heterocycles. The summed E-state index contributed by atoms with van der Waals surface area (Å²) in [6.07, 6.45) is 0. The zero-order chi connectivity index (χ0) is 13.3. The minimum atomic E-state index is -0.807. The Kier molecular flexibility index (Phi) is 3.30. The number of hydrogen-bond acceptors (Lipinski definition) is 3. The van der Waals surface area contributed by atoms with E-state index in [1.807, 2.05) is 38.1 Å². The van der Waals surface area contributed by atoms with E-state index in [0.29, 0.717) is 6.61 Å². The fraction of sp³-hybridized carbons (Fsp3) is 0.500. The zero-order valence-corrected chi connectivity index (χ0v) is 10.8. The van der Waals surface area contributed by atoms with Crippen molar-refractivity contribution < 1.29 is 19.4 Å². The first-order chi connectivity index (χ1) is 8.45. The van der Waals surface area contributed by atoms with Crippen LogP contribution in [0.3, 0.4) is 0 Å². The first kappa shape index (κ1) is 12.9. The van der Waals surface area contributed by atoms with Crippen LogP contribution in [0.1, 0.15) is 25.3 Å². The van der Waals surface area contributed by atoms with Crippen LogP contribution in [0, 0.1) is 5.92 Å². The van der Waals surface area contributed by atoms with Gasteiger partial charge in [-0.1, -0.05) is 12.1 Å². The van der Waals surface area contributed by atoms with Gasteiger partial charge in [0.25, 0.3) is 0 Å². The van der Waals surface area contributed by atoms with Gasteiger partial charge in [-0.3, -0.25) is 4.79 Å². The van der Waals surface area contributed by atoms with Gasteiger partial charge in [-0.2, -0.15) is 0 Å². The van der Waals surface area contributed by atoms with Crippen molar-refractivity contribution in [1.82, 2.24) is 0 Å². The van der Waals surface area contributed by atoms with Gasteiger partial charge in [0.05, 0.1) is 25.2 Å². The van der Waals surface area contributed by atoms with Crippen molar-refractivity contribution in [1.29, 1.82) is 0 Å². The second kappa shape index (κ2) is 4.61. The standard InChI is InChI=1S/C14H18O4/c1-14(2)12(13(15)16)11(8-18-14)9-4-6-10(17-3)7-5-9/h4-7,11-12H,8H2,1-3H3,(H,15,16)/t11-,12-/m1/s1. The number of aliphatic carboxylic acids is 1. The molecule has 0 amide bonds. The molecule has 1 heterocycles. The quantitative estimate of drug-likeness (QED) is 0.894. The number of benzene rings is 1. The summed E-state index contributed by atoms with van der Waals surface area (Å²) in [6, 6.07) is 7.51. The van der Waals surface area contributed by atoms with Gasteiger partial charge in [0.1, 0.15) is 5.75 Å². The molecule has 0 radical (unpaired) electrons. The molecule has 0 spiro atoms. The summed E-state index contributed by atoms with van der Waals surface area (Å²) in [5, 5.41) is 9.38. The van der Waals surface area contributed by atoms with Crippen LogP contribution in [0.25, 0.3) is 0 Å². The van der Waals surface area contributed by atoms with Crippen LogP contribution in [0.4, 0.5) is 0 Å². The summed E-state index contributed by atoms with van der Waals surface area (Å²) >= 11 is 0. The number of carboxylic acid groups (broad SMARTS) is 1. The van der Waals surface area contributed by atoms with E-state index in [1.54, 1.807) is 7.11 Å². The lowest BCUT2D eigenvalue weighted by atomic mass is 9.80. The van der Waals surface area contributed by atoms with Crippen molar-refractivity contribution in [2.75, 3.05) is 13.7 Å². The fourth-order valence-corrected chi connectivity index (χ4v) is 2.58. The van der Waals surface area contributed by atoms with Gasteiger partial charge >= 0.3 is 5.97 Å². The SMILES string of the molecule is COc1ccc([C@H]2COC(C)(C)[C@H]2C(=O)O)cc1. The molecule has 98 valence electrons. The Morgan fingerprint density at radius 1 is 1.39 bits per heavy atom. The van der Waals surface area contributed by atoms with E-state index >= 15 is 0 Å². The number of hydrogen-bond donors (Lipinski definition) is 1. The third-order valence-corrected chi connectivity index (χ3v) is 3.60. The number of rotatable bonds is 3. The lowest BCUT2D eigenvalue weighted by Gasteiger charge is -2.25. The molecule has 1 N–H and O–H groups in total. The van der Waals surface area contributed by atoms with Crippen LogP contribution >= 0.6 is 0 Å². The molecular weight excluding hydrogens is 232 g/mol. The van der Waals surface area contributed by atoms with Crippen LogP contribution in [-0.2, 0) is 9.53 Å². The van der Waals surface area contributed by atoms with Crippen LogP contribution < -0.4 is 4.74 Å². The summed E-state index contributed by atoms with van der Waals surface area (Å²) in [5.41, 5.74) is 0.352. The number of carbonyl (C=O) groups is 1. The van der Waals surface area contributed by atoms with Crippen molar-refractivity contribution in [3.05, 3.63) is 29.8 Å². The molecule has 2 atom stereocenters. The van der Waals surface area contributed by atoms with Crippen molar-refractivity contribution in [3.8, 4) is 5.75 Å². The first-order valence-corrected chi connectivity index (χ1v) is 5.96. The smallest absolute Gasteiger partial charge is 0.310 e. The van der Waals surface area contributed by atoms with E-state index < -0.39 is 17.5 Å². The van der Waals surface area contributed by atoms with E-state index in [4.69, 9.17) is 9.47 Å². The van der Waals surface area contributed by atoms with E-state index in [9.17, 15) is 9.90 Å². The molecule has 4 heteroatoms. The Hall–Kier alpha value is -1.55. The van der Waals surface area contributed by atoms with Gasteiger partial charge in [-0.15, -0.1) is 0 Å². The van der Waals surface area contributed by atoms with Crippen molar-refractivity contribution in [2.24, 2.45) is 5.92 Å². The maximum atomic E-state index is 11.4. The van der Waals surface area contributed by atoms with E-state index in [-0.39, 0.29) is 5.92 Å². The van der Waals surface area contributed by atoms with Crippen LogP contribution in [0.5, 0.6) is 5.75 Å². The Labute approximate surface area is 107 Å². The topological polar surface area (TPSA) is 55.8 Å². The maximum absolute atomic E-state index is 11.4. The number of methoxy groups -OCH3 is 1. The molecule has 1 aliphatic rings. The lowest BCUT2D eigenvalue weighted by molar-refractivity contribution is -0.146. The molecule has 1 fully saturated rings. The molecule has 4 nitrogen and oxygen atoms in total. The lowest BCUT2D eigenvalue weighted by Crippen LogP contribution is -2.35. The summed E-state index contributed by atoms with van der Waals surface area (Å²) in [6.45, 7) is 4.10. The van der Waals surface area contributed by atoms with Crippen molar-refractivity contribution in [3.63, 3.8) is 0 Å². The molecular formula is C14H18O4. The highest BCUT2D eigenvalue weighted by atomic mass is 16.5. The largest absolute Gasteiger partial charge is 0.497 e. The Morgan fingerprint density at radius 3 is 2.50 bits per heavy atom.